The molecule has 0 saturated heterocycles. The minimum atomic E-state index is -3.47. The van der Waals surface area contributed by atoms with Gasteiger partial charge in [0.2, 0.25) is 5.91 Å². The molecule has 1 aromatic carbocycles. The minimum absolute atomic E-state index is 0.0113. The lowest BCUT2D eigenvalue weighted by atomic mass is 9.87. The first-order valence-corrected chi connectivity index (χ1v) is 9.25. The van der Waals surface area contributed by atoms with E-state index in [2.05, 4.69) is 0 Å². The summed E-state index contributed by atoms with van der Waals surface area (Å²) >= 11 is 0. The topological polar surface area (TPSA) is 101 Å². The van der Waals surface area contributed by atoms with Crippen LogP contribution in [0.4, 0.5) is 0 Å². The van der Waals surface area contributed by atoms with Crippen LogP contribution >= 0.6 is 0 Å². The van der Waals surface area contributed by atoms with Crippen LogP contribution in [-0.2, 0) is 14.6 Å². The van der Waals surface area contributed by atoms with Crippen LogP contribution in [0.3, 0.4) is 0 Å². The van der Waals surface area contributed by atoms with Crippen LogP contribution in [0.15, 0.2) is 23.1 Å². The van der Waals surface area contributed by atoms with Gasteiger partial charge in [-0.15, -0.1) is 0 Å². The average Bonchev–Trinajstić information content (AvgIpc) is 2.95. The molecule has 0 bridgehead atoms. The number of sulfone groups is 1. The maximum atomic E-state index is 11.8. The summed E-state index contributed by atoms with van der Waals surface area (Å²) in [4.78, 5) is 11.8. The number of carbonyl (C=O) groups excluding carboxylic acids is 1. The van der Waals surface area contributed by atoms with E-state index in [0.29, 0.717) is 17.9 Å². The van der Waals surface area contributed by atoms with Crippen molar-refractivity contribution in [2.24, 2.45) is 11.7 Å². The van der Waals surface area contributed by atoms with Crippen molar-refractivity contribution in [2.75, 3.05) is 6.26 Å². The SMILES string of the molecule is CS(=O)(=O)c1ccc(C(CC2CCCC2)C(N)=O)cc1C#N. The van der Waals surface area contributed by atoms with Crippen molar-refractivity contribution >= 4 is 15.7 Å². The quantitative estimate of drug-likeness (QED) is 0.897. The molecule has 118 valence electrons. The molecule has 5 nitrogen and oxygen atoms in total. The summed E-state index contributed by atoms with van der Waals surface area (Å²) in [5, 5.41) is 9.18. The van der Waals surface area contributed by atoms with E-state index in [9.17, 15) is 18.5 Å². The summed E-state index contributed by atoms with van der Waals surface area (Å²) < 4.78 is 23.3. The van der Waals surface area contributed by atoms with E-state index in [-0.39, 0.29) is 10.5 Å². The molecule has 1 aliphatic rings. The lowest BCUT2D eigenvalue weighted by molar-refractivity contribution is -0.119. The van der Waals surface area contributed by atoms with Gasteiger partial charge < -0.3 is 5.73 Å². The van der Waals surface area contributed by atoms with Crippen molar-refractivity contribution in [1.82, 2.24) is 0 Å². The van der Waals surface area contributed by atoms with Gasteiger partial charge in [0.15, 0.2) is 9.84 Å². The fourth-order valence-electron chi connectivity index (χ4n) is 3.17. The van der Waals surface area contributed by atoms with E-state index in [1.165, 1.54) is 25.0 Å². The molecule has 22 heavy (non-hydrogen) atoms. The van der Waals surface area contributed by atoms with Crippen LogP contribution in [0.25, 0.3) is 0 Å². The Hall–Kier alpha value is -1.87. The largest absolute Gasteiger partial charge is 0.369 e. The highest BCUT2D eigenvalue weighted by Gasteiger charge is 2.26. The predicted molar refractivity (Wildman–Crippen MR) is 82.8 cm³/mol. The smallest absolute Gasteiger partial charge is 0.224 e. The Morgan fingerprint density at radius 1 is 1.41 bits per heavy atom. The highest BCUT2D eigenvalue weighted by Crippen LogP contribution is 2.34. The van der Waals surface area contributed by atoms with E-state index in [0.717, 1.165) is 19.1 Å². The van der Waals surface area contributed by atoms with Gasteiger partial charge in [-0.1, -0.05) is 31.7 Å². The minimum Gasteiger partial charge on any atom is -0.369 e. The first-order chi connectivity index (χ1) is 10.3. The summed E-state index contributed by atoms with van der Waals surface area (Å²) in [7, 11) is -3.47. The number of hydrogen-bond acceptors (Lipinski definition) is 4. The monoisotopic (exact) mass is 320 g/mol. The van der Waals surface area contributed by atoms with Crippen molar-refractivity contribution in [3.8, 4) is 6.07 Å². The fourth-order valence-corrected chi connectivity index (χ4v) is 3.99. The van der Waals surface area contributed by atoms with Gasteiger partial charge in [-0.2, -0.15) is 5.26 Å². The van der Waals surface area contributed by atoms with Crippen LogP contribution in [0.5, 0.6) is 0 Å². The molecule has 1 amide bonds. The maximum Gasteiger partial charge on any atom is 0.224 e. The number of rotatable bonds is 5. The Balaban J connectivity index is 2.36. The van der Waals surface area contributed by atoms with Crippen LogP contribution in [0.2, 0.25) is 0 Å². The van der Waals surface area contributed by atoms with Crippen molar-refractivity contribution in [1.29, 1.82) is 5.26 Å². The highest BCUT2D eigenvalue weighted by atomic mass is 32.2. The van der Waals surface area contributed by atoms with Crippen molar-refractivity contribution in [2.45, 2.75) is 42.9 Å². The molecule has 0 aromatic heterocycles. The number of benzene rings is 1. The second-order valence-corrected chi connectivity index (χ2v) is 7.96. The van der Waals surface area contributed by atoms with Crippen LogP contribution in [0.1, 0.15) is 49.1 Å². The van der Waals surface area contributed by atoms with Gasteiger partial charge in [0.1, 0.15) is 6.07 Å². The molecule has 1 atom stereocenters. The molecule has 1 saturated carbocycles. The van der Waals surface area contributed by atoms with Crippen LogP contribution < -0.4 is 5.73 Å². The third-order valence-corrected chi connectivity index (χ3v) is 5.47. The summed E-state index contributed by atoms with van der Waals surface area (Å²) in [5.74, 6) is -0.427. The lowest BCUT2D eigenvalue weighted by Gasteiger charge is -2.18. The molecule has 1 unspecified atom stereocenters. The van der Waals surface area contributed by atoms with Gasteiger partial charge in [-0.25, -0.2) is 8.42 Å². The van der Waals surface area contributed by atoms with E-state index in [1.54, 1.807) is 6.07 Å². The third-order valence-electron chi connectivity index (χ3n) is 4.31. The Kier molecular flexibility index (Phi) is 4.87. The predicted octanol–water partition coefficient (Wildman–Crippen LogP) is 2.11. The second kappa shape index (κ2) is 6.49. The summed E-state index contributed by atoms with van der Waals surface area (Å²) in [6, 6.07) is 6.38. The number of primary amides is 1. The number of nitrogens with two attached hydrogens (primary N) is 1. The molecule has 6 heteroatoms. The highest BCUT2D eigenvalue weighted by molar-refractivity contribution is 7.90. The summed E-state index contributed by atoms with van der Waals surface area (Å²) in [5.41, 5.74) is 6.22. The molecule has 1 fully saturated rings. The van der Waals surface area contributed by atoms with Crippen LogP contribution in [-0.4, -0.2) is 20.6 Å². The fraction of sp³-hybridized carbons (Fsp3) is 0.500. The van der Waals surface area contributed by atoms with Crippen molar-refractivity contribution in [3.63, 3.8) is 0 Å². The number of carbonyl (C=O) groups is 1. The van der Waals surface area contributed by atoms with Gasteiger partial charge in [-0.05, 0) is 30.0 Å². The molecular weight excluding hydrogens is 300 g/mol. The third kappa shape index (κ3) is 3.66. The Labute approximate surface area is 131 Å². The number of hydrogen-bond donors (Lipinski definition) is 1. The zero-order valence-corrected chi connectivity index (χ0v) is 13.4. The first-order valence-electron chi connectivity index (χ1n) is 7.36. The Bertz CT molecular complexity index is 713. The molecule has 1 aromatic rings. The van der Waals surface area contributed by atoms with E-state index in [1.807, 2.05) is 6.07 Å². The van der Waals surface area contributed by atoms with Gasteiger partial charge in [-0.3, -0.25) is 4.79 Å². The second-order valence-electron chi connectivity index (χ2n) is 5.98. The maximum absolute atomic E-state index is 11.8. The average molecular weight is 320 g/mol. The number of nitriles is 1. The molecule has 0 aliphatic heterocycles. The van der Waals surface area contributed by atoms with E-state index < -0.39 is 21.7 Å². The molecule has 1 aliphatic carbocycles. The van der Waals surface area contributed by atoms with Gasteiger partial charge >= 0.3 is 0 Å². The van der Waals surface area contributed by atoms with Gasteiger partial charge in [0, 0.05) is 6.26 Å². The molecule has 0 heterocycles. The van der Waals surface area contributed by atoms with Crippen molar-refractivity contribution in [3.05, 3.63) is 29.3 Å². The zero-order chi connectivity index (χ0) is 16.3. The van der Waals surface area contributed by atoms with Crippen molar-refractivity contribution < 1.29 is 13.2 Å². The Morgan fingerprint density at radius 3 is 2.55 bits per heavy atom. The van der Waals surface area contributed by atoms with E-state index in [4.69, 9.17) is 5.73 Å². The van der Waals surface area contributed by atoms with E-state index >= 15 is 0 Å². The first kappa shape index (κ1) is 16.5. The standard InChI is InChI=1S/C16H20N2O3S/c1-22(20,21)15-7-6-12(9-13(15)10-17)14(16(18)19)8-11-4-2-3-5-11/h6-7,9,11,14H,2-5,8H2,1H3,(H2,18,19). The Morgan fingerprint density at radius 2 is 2.05 bits per heavy atom. The molecule has 2 N–H and O–H groups in total. The molecule has 0 radical (unpaired) electrons. The number of nitrogens with zero attached hydrogens (tertiary/aromatic N) is 1. The van der Waals surface area contributed by atoms with Gasteiger partial charge in [0.25, 0.3) is 0 Å². The molecule has 0 spiro atoms. The van der Waals surface area contributed by atoms with Crippen LogP contribution in [0, 0.1) is 17.2 Å². The van der Waals surface area contributed by atoms with Gasteiger partial charge in [0.05, 0.1) is 16.4 Å². The normalized spacial score (nSPS) is 17.1. The molecule has 2 rings (SSSR count). The summed E-state index contributed by atoms with van der Waals surface area (Å²) in [6.07, 6.45) is 6.26. The number of amides is 1. The summed E-state index contributed by atoms with van der Waals surface area (Å²) in [6.45, 7) is 0. The zero-order valence-electron chi connectivity index (χ0n) is 12.6. The lowest BCUT2D eigenvalue weighted by Crippen LogP contribution is -2.23. The molecular formula is C16H20N2O3S.